The molecule has 4 heterocycles. The predicted molar refractivity (Wildman–Crippen MR) is 139 cm³/mol. The molecule has 2 aliphatic heterocycles. The number of rotatable bonds is 4. The van der Waals surface area contributed by atoms with Crippen LogP contribution in [0.15, 0.2) is 66.3 Å². The normalized spacial score (nSPS) is 19.0. The Morgan fingerprint density at radius 3 is 2.55 bits per heavy atom. The second kappa shape index (κ2) is 9.55. The second-order valence-corrected chi connectivity index (χ2v) is 10.4. The van der Waals surface area contributed by atoms with Gasteiger partial charge in [0.05, 0.1) is 11.1 Å². The minimum absolute atomic E-state index is 0.0351. The highest BCUT2D eigenvalue weighted by Crippen LogP contribution is 2.33. The molecule has 196 valence electrons. The predicted octanol–water partition coefficient (Wildman–Crippen LogP) is 4.67. The van der Waals surface area contributed by atoms with Crippen LogP contribution < -0.4 is 4.90 Å². The van der Waals surface area contributed by atoms with Crippen molar-refractivity contribution < 1.29 is 22.8 Å². The van der Waals surface area contributed by atoms with Crippen molar-refractivity contribution in [3.63, 3.8) is 0 Å². The van der Waals surface area contributed by atoms with Gasteiger partial charge in [-0.15, -0.1) is 11.3 Å². The van der Waals surface area contributed by atoms with E-state index in [1.807, 2.05) is 29.2 Å². The Kier molecular flexibility index (Phi) is 6.19. The van der Waals surface area contributed by atoms with Crippen LogP contribution in [-0.2, 0) is 11.0 Å². The molecular weight excluding hydrogens is 515 g/mol. The maximum atomic E-state index is 13.2. The number of carbonyl (C=O) groups excluding carboxylic acids is 2. The van der Waals surface area contributed by atoms with E-state index >= 15 is 0 Å². The third-order valence-electron chi connectivity index (χ3n) is 7.27. The van der Waals surface area contributed by atoms with Crippen molar-refractivity contribution in [2.45, 2.75) is 18.6 Å². The van der Waals surface area contributed by atoms with Crippen LogP contribution in [0.2, 0.25) is 0 Å². The fraction of sp³-hybridized carbons (Fsp3) is 0.296. The largest absolute Gasteiger partial charge is 0.416 e. The molecule has 2 aliphatic rings. The van der Waals surface area contributed by atoms with Crippen molar-refractivity contribution in [1.82, 2.24) is 19.4 Å². The Morgan fingerprint density at radius 1 is 1.00 bits per heavy atom. The molecule has 7 nitrogen and oxygen atoms in total. The molecule has 0 radical (unpaired) electrons. The average Bonchev–Trinajstić information content (AvgIpc) is 3.68. The molecule has 11 heteroatoms. The van der Waals surface area contributed by atoms with Crippen LogP contribution in [0.3, 0.4) is 0 Å². The summed E-state index contributed by atoms with van der Waals surface area (Å²) in [4.78, 5) is 35.5. The fourth-order valence-corrected chi connectivity index (χ4v) is 5.89. The number of piperazine rings is 1. The lowest BCUT2D eigenvalue weighted by Crippen LogP contribution is -2.52. The number of benzene rings is 2. The van der Waals surface area contributed by atoms with Gasteiger partial charge in [-0.3, -0.25) is 14.5 Å². The summed E-state index contributed by atoms with van der Waals surface area (Å²) in [6.07, 6.45) is -0.637. The van der Waals surface area contributed by atoms with Crippen molar-refractivity contribution in [3.05, 3.63) is 76.9 Å². The van der Waals surface area contributed by atoms with Gasteiger partial charge < -0.3 is 14.4 Å². The van der Waals surface area contributed by atoms with Gasteiger partial charge in [-0.1, -0.05) is 6.07 Å². The summed E-state index contributed by atoms with van der Waals surface area (Å²) in [5.74, 6) is -0.0119. The number of hydrogen-bond acceptors (Lipinski definition) is 5. The zero-order valence-corrected chi connectivity index (χ0v) is 21.1. The molecule has 2 aromatic heterocycles. The van der Waals surface area contributed by atoms with Crippen molar-refractivity contribution in [3.8, 4) is 5.69 Å². The molecule has 0 saturated carbocycles. The first-order chi connectivity index (χ1) is 18.3. The van der Waals surface area contributed by atoms with Crippen LogP contribution >= 0.6 is 11.3 Å². The summed E-state index contributed by atoms with van der Waals surface area (Å²) in [5, 5.41) is 3.13. The smallest absolute Gasteiger partial charge is 0.334 e. The van der Waals surface area contributed by atoms with E-state index in [0.717, 1.165) is 28.7 Å². The molecule has 6 rings (SSSR count). The minimum atomic E-state index is -4.41. The van der Waals surface area contributed by atoms with Crippen LogP contribution in [0.1, 0.15) is 21.8 Å². The molecule has 1 unspecified atom stereocenters. The number of fused-ring (bicyclic) bond motifs is 1. The van der Waals surface area contributed by atoms with Gasteiger partial charge in [-0.25, -0.2) is 4.98 Å². The van der Waals surface area contributed by atoms with E-state index in [1.165, 1.54) is 17.4 Å². The highest BCUT2D eigenvalue weighted by atomic mass is 32.1. The zero-order valence-electron chi connectivity index (χ0n) is 20.3. The van der Waals surface area contributed by atoms with Crippen LogP contribution in [0.25, 0.3) is 16.6 Å². The van der Waals surface area contributed by atoms with Crippen molar-refractivity contribution in [2.24, 2.45) is 0 Å². The first-order valence-electron chi connectivity index (χ1n) is 12.3. The van der Waals surface area contributed by atoms with Gasteiger partial charge in [0.15, 0.2) is 5.01 Å². The number of alkyl halides is 3. The van der Waals surface area contributed by atoms with E-state index in [2.05, 4.69) is 9.88 Å². The standard InChI is InChI=1S/C27H24F3N5O2S/c28-27(29,30)19-2-1-3-20(15-19)34-8-6-18-14-21(4-5-23(18)34)35-17-22(16-24(35)36)32-9-11-33(12-10-32)26(37)25-31-7-13-38-25/h1-8,13-15,22H,9-12,16-17H2. The molecule has 2 aromatic carbocycles. The Labute approximate surface area is 220 Å². The second-order valence-electron chi connectivity index (χ2n) is 9.50. The van der Waals surface area contributed by atoms with Crippen molar-refractivity contribution in [2.75, 3.05) is 37.6 Å². The van der Waals surface area contributed by atoms with Gasteiger partial charge in [0, 0.05) is 79.7 Å². The van der Waals surface area contributed by atoms with E-state index < -0.39 is 11.7 Å². The summed E-state index contributed by atoms with van der Waals surface area (Å²) in [5.41, 5.74) is 1.25. The summed E-state index contributed by atoms with van der Waals surface area (Å²) in [7, 11) is 0. The summed E-state index contributed by atoms with van der Waals surface area (Å²) in [6.45, 7) is 3.14. The van der Waals surface area contributed by atoms with Gasteiger partial charge in [-0.2, -0.15) is 13.2 Å². The van der Waals surface area contributed by atoms with Crippen molar-refractivity contribution >= 4 is 39.7 Å². The zero-order chi connectivity index (χ0) is 26.4. The van der Waals surface area contributed by atoms with E-state index in [4.69, 9.17) is 0 Å². The van der Waals surface area contributed by atoms with Gasteiger partial charge in [-0.05, 0) is 42.5 Å². The number of aromatic nitrogens is 2. The third kappa shape index (κ3) is 4.56. The van der Waals surface area contributed by atoms with Gasteiger partial charge in [0.25, 0.3) is 5.91 Å². The number of anilines is 1. The molecule has 1 atom stereocenters. The van der Waals surface area contributed by atoms with Gasteiger partial charge in [0.2, 0.25) is 5.91 Å². The lowest BCUT2D eigenvalue weighted by atomic mass is 10.2. The van der Waals surface area contributed by atoms with Crippen LogP contribution in [-0.4, -0.2) is 69.9 Å². The topological polar surface area (TPSA) is 61.7 Å². The first-order valence-corrected chi connectivity index (χ1v) is 13.2. The Morgan fingerprint density at radius 2 is 1.82 bits per heavy atom. The Hall–Kier alpha value is -3.70. The summed E-state index contributed by atoms with van der Waals surface area (Å²) < 4.78 is 41.3. The molecule has 2 amide bonds. The molecule has 0 N–H and O–H groups in total. The Balaban J connectivity index is 1.15. The SMILES string of the molecule is O=C(c1nccs1)N1CCN(C2CC(=O)N(c3ccc4c(ccn4-c4cccc(C(F)(F)F)c4)c3)C2)CC1. The van der Waals surface area contributed by atoms with Crippen LogP contribution in [0.5, 0.6) is 0 Å². The highest BCUT2D eigenvalue weighted by Gasteiger charge is 2.36. The van der Waals surface area contributed by atoms with E-state index in [-0.39, 0.29) is 17.9 Å². The number of hydrogen-bond donors (Lipinski definition) is 0. The lowest BCUT2D eigenvalue weighted by molar-refractivity contribution is -0.137. The van der Waals surface area contributed by atoms with E-state index in [9.17, 15) is 22.8 Å². The Bertz CT molecular complexity index is 1490. The van der Waals surface area contributed by atoms with Gasteiger partial charge in [0.1, 0.15) is 0 Å². The number of halogens is 3. The van der Waals surface area contributed by atoms with E-state index in [0.29, 0.717) is 49.8 Å². The highest BCUT2D eigenvalue weighted by molar-refractivity contribution is 7.11. The van der Waals surface area contributed by atoms with Crippen LogP contribution in [0, 0.1) is 0 Å². The first kappa shape index (κ1) is 24.6. The number of thiazole rings is 1. The summed E-state index contributed by atoms with van der Waals surface area (Å²) in [6, 6.07) is 12.7. The molecule has 0 spiro atoms. The molecular formula is C27H24F3N5O2S. The van der Waals surface area contributed by atoms with Crippen molar-refractivity contribution in [1.29, 1.82) is 0 Å². The fourth-order valence-electron chi connectivity index (χ4n) is 5.29. The molecule has 0 bridgehead atoms. The molecule has 4 aromatic rings. The summed E-state index contributed by atoms with van der Waals surface area (Å²) >= 11 is 1.34. The maximum absolute atomic E-state index is 13.2. The lowest BCUT2D eigenvalue weighted by Gasteiger charge is -2.37. The molecule has 2 saturated heterocycles. The number of nitrogens with zero attached hydrogens (tertiary/aromatic N) is 5. The monoisotopic (exact) mass is 539 g/mol. The third-order valence-corrected chi connectivity index (χ3v) is 8.04. The number of carbonyl (C=O) groups is 2. The minimum Gasteiger partial charge on any atom is -0.334 e. The maximum Gasteiger partial charge on any atom is 0.416 e. The van der Waals surface area contributed by atoms with Crippen LogP contribution in [0.4, 0.5) is 18.9 Å². The molecule has 0 aliphatic carbocycles. The molecule has 38 heavy (non-hydrogen) atoms. The quantitative estimate of drug-likeness (QED) is 0.378. The van der Waals surface area contributed by atoms with Gasteiger partial charge >= 0.3 is 6.18 Å². The number of amides is 2. The molecule has 2 fully saturated rings. The van der Waals surface area contributed by atoms with E-state index in [1.54, 1.807) is 33.3 Å². The average molecular weight is 540 g/mol.